The fraction of sp³-hybridized carbons (Fsp3) is 0.333. The fourth-order valence-corrected chi connectivity index (χ4v) is 2.40. The topological polar surface area (TPSA) is 47.7 Å². The van der Waals surface area contributed by atoms with Crippen molar-refractivity contribution in [3.8, 4) is 0 Å². The summed E-state index contributed by atoms with van der Waals surface area (Å²) in [4.78, 5) is 4.47. The maximum atomic E-state index is 4.47. The lowest BCUT2D eigenvalue weighted by molar-refractivity contribution is 0.766. The van der Waals surface area contributed by atoms with E-state index in [1.54, 1.807) is 0 Å². The largest absolute Gasteiger partial charge is 0.380 e. The summed E-state index contributed by atoms with van der Waals surface area (Å²) in [5, 5.41) is 8.90. The van der Waals surface area contributed by atoms with Crippen molar-refractivity contribution in [3.05, 3.63) is 42.0 Å². The average molecular weight is 269 g/mol. The van der Waals surface area contributed by atoms with Crippen molar-refractivity contribution in [3.63, 3.8) is 0 Å². The molecular formula is C15H19N5. The first-order chi connectivity index (χ1) is 9.67. The number of rotatable bonds is 4. The van der Waals surface area contributed by atoms with Crippen LogP contribution in [0.25, 0.3) is 11.0 Å². The molecule has 0 unspecified atom stereocenters. The van der Waals surface area contributed by atoms with E-state index >= 15 is 0 Å². The molecular weight excluding hydrogens is 250 g/mol. The van der Waals surface area contributed by atoms with Crippen LogP contribution in [0, 0.1) is 6.92 Å². The predicted octanol–water partition coefficient (Wildman–Crippen LogP) is 2.71. The van der Waals surface area contributed by atoms with Gasteiger partial charge in [-0.1, -0.05) is 0 Å². The molecule has 0 saturated heterocycles. The Kier molecular flexibility index (Phi) is 3.18. The smallest absolute Gasteiger partial charge is 0.157 e. The van der Waals surface area contributed by atoms with Crippen LogP contribution in [0.15, 0.2) is 30.7 Å². The van der Waals surface area contributed by atoms with Gasteiger partial charge >= 0.3 is 0 Å². The summed E-state index contributed by atoms with van der Waals surface area (Å²) in [5.74, 6) is 0. The lowest BCUT2D eigenvalue weighted by Crippen LogP contribution is -1.99. The molecule has 0 aliphatic rings. The minimum Gasteiger partial charge on any atom is -0.380 e. The monoisotopic (exact) mass is 269 g/mol. The molecule has 0 spiro atoms. The Morgan fingerprint density at radius 3 is 2.95 bits per heavy atom. The zero-order valence-corrected chi connectivity index (χ0v) is 12.1. The third kappa shape index (κ3) is 2.27. The van der Waals surface area contributed by atoms with Gasteiger partial charge in [0.15, 0.2) is 5.65 Å². The Balaban J connectivity index is 1.79. The van der Waals surface area contributed by atoms with Crippen LogP contribution in [0.5, 0.6) is 0 Å². The van der Waals surface area contributed by atoms with Crippen LogP contribution in [-0.2, 0) is 20.1 Å². The first kappa shape index (κ1) is 12.7. The van der Waals surface area contributed by atoms with Crippen LogP contribution >= 0.6 is 0 Å². The highest BCUT2D eigenvalue weighted by molar-refractivity contribution is 5.81. The molecule has 0 aliphatic carbocycles. The highest BCUT2D eigenvalue weighted by atomic mass is 15.3. The van der Waals surface area contributed by atoms with Crippen molar-refractivity contribution in [2.45, 2.75) is 26.9 Å². The quantitative estimate of drug-likeness (QED) is 0.792. The average Bonchev–Trinajstić information content (AvgIpc) is 3.02. The van der Waals surface area contributed by atoms with Crippen LogP contribution in [0.3, 0.4) is 0 Å². The number of pyridine rings is 1. The van der Waals surface area contributed by atoms with E-state index in [1.165, 1.54) is 5.56 Å². The van der Waals surface area contributed by atoms with Crippen LogP contribution in [0.1, 0.15) is 18.2 Å². The van der Waals surface area contributed by atoms with Gasteiger partial charge in [0.05, 0.1) is 17.6 Å². The van der Waals surface area contributed by atoms with E-state index in [4.69, 9.17) is 0 Å². The first-order valence-electron chi connectivity index (χ1n) is 6.85. The molecule has 5 heteroatoms. The van der Waals surface area contributed by atoms with E-state index in [1.807, 2.05) is 24.9 Å². The van der Waals surface area contributed by atoms with Crippen molar-refractivity contribution in [2.24, 2.45) is 7.05 Å². The van der Waals surface area contributed by atoms with E-state index in [0.717, 1.165) is 35.5 Å². The molecule has 3 aromatic rings. The zero-order chi connectivity index (χ0) is 14.1. The first-order valence-corrected chi connectivity index (χ1v) is 6.85. The molecule has 0 radical (unpaired) electrons. The van der Waals surface area contributed by atoms with Crippen LogP contribution in [0.2, 0.25) is 0 Å². The van der Waals surface area contributed by atoms with Crippen molar-refractivity contribution >= 4 is 16.7 Å². The normalized spacial score (nSPS) is 11.2. The number of aryl methyl sites for hydroxylation is 3. The Hall–Kier alpha value is -2.30. The van der Waals surface area contributed by atoms with Crippen molar-refractivity contribution in [1.82, 2.24) is 19.3 Å². The number of hydrogen-bond donors (Lipinski definition) is 1. The van der Waals surface area contributed by atoms with Gasteiger partial charge in [-0.2, -0.15) is 5.10 Å². The maximum absolute atomic E-state index is 4.47. The van der Waals surface area contributed by atoms with E-state index in [2.05, 4.69) is 51.4 Å². The highest BCUT2D eigenvalue weighted by Crippen LogP contribution is 2.19. The predicted molar refractivity (Wildman–Crippen MR) is 80.7 cm³/mol. The second-order valence-corrected chi connectivity index (χ2v) is 5.01. The van der Waals surface area contributed by atoms with Gasteiger partial charge in [0.1, 0.15) is 0 Å². The number of fused-ring (bicyclic) bond motifs is 1. The van der Waals surface area contributed by atoms with Crippen molar-refractivity contribution < 1.29 is 0 Å². The van der Waals surface area contributed by atoms with Crippen LogP contribution < -0.4 is 5.32 Å². The fourth-order valence-electron chi connectivity index (χ4n) is 2.40. The third-order valence-corrected chi connectivity index (χ3v) is 3.54. The molecule has 0 saturated carbocycles. The minimum atomic E-state index is 0.805. The van der Waals surface area contributed by atoms with E-state index in [-0.39, 0.29) is 0 Å². The molecule has 104 valence electrons. The Morgan fingerprint density at radius 1 is 1.35 bits per heavy atom. The number of hydrogen-bond acceptors (Lipinski definition) is 3. The van der Waals surface area contributed by atoms with Gasteiger partial charge in [0.25, 0.3) is 0 Å². The summed E-state index contributed by atoms with van der Waals surface area (Å²) in [7, 11) is 1.92. The van der Waals surface area contributed by atoms with Gasteiger partial charge in [-0.3, -0.25) is 4.68 Å². The Morgan fingerprint density at radius 2 is 2.20 bits per heavy atom. The summed E-state index contributed by atoms with van der Waals surface area (Å²) < 4.78 is 3.99. The van der Waals surface area contributed by atoms with Gasteiger partial charge < -0.3 is 9.88 Å². The third-order valence-electron chi connectivity index (χ3n) is 3.54. The van der Waals surface area contributed by atoms with Crippen molar-refractivity contribution in [1.29, 1.82) is 0 Å². The molecule has 20 heavy (non-hydrogen) atoms. The molecule has 5 nitrogen and oxygen atoms in total. The molecule has 1 N–H and O–H groups in total. The SMILES string of the molecule is CCn1ccc(CNc2cnc3c(c2)c(C)nn3C)c1. The summed E-state index contributed by atoms with van der Waals surface area (Å²) in [6.45, 7) is 5.96. The molecule has 0 bridgehead atoms. The molecule has 0 fully saturated rings. The van der Waals surface area contributed by atoms with Gasteiger partial charge in [0.2, 0.25) is 0 Å². The molecule has 0 amide bonds. The Bertz CT molecular complexity index is 738. The number of nitrogens with zero attached hydrogens (tertiary/aromatic N) is 4. The maximum Gasteiger partial charge on any atom is 0.157 e. The lowest BCUT2D eigenvalue weighted by atomic mass is 10.2. The van der Waals surface area contributed by atoms with Gasteiger partial charge in [0, 0.05) is 37.9 Å². The second kappa shape index (κ2) is 5.00. The molecule has 0 aromatic carbocycles. The summed E-state index contributed by atoms with van der Waals surface area (Å²) in [5.41, 5.74) is 4.23. The van der Waals surface area contributed by atoms with E-state index in [0.29, 0.717) is 0 Å². The molecule has 3 heterocycles. The Labute approximate surface area is 118 Å². The second-order valence-electron chi connectivity index (χ2n) is 5.01. The number of anilines is 1. The van der Waals surface area contributed by atoms with Gasteiger partial charge in [-0.05, 0) is 31.5 Å². The molecule has 3 rings (SSSR count). The van der Waals surface area contributed by atoms with E-state index in [9.17, 15) is 0 Å². The number of aromatic nitrogens is 4. The molecule has 0 atom stereocenters. The molecule has 0 aliphatic heterocycles. The minimum absolute atomic E-state index is 0.805. The zero-order valence-electron chi connectivity index (χ0n) is 12.1. The van der Waals surface area contributed by atoms with Crippen LogP contribution in [0.4, 0.5) is 5.69 Å². The lowest BCUT2D eigenvalue weighted by Gasteiger charge is -2.05. The van der Waals surface area contributed by atoms with Crippen molar-refractivity contribution in [2.75, 3.05) is 5.32 Å². The standard InChI is InChI=1S/C15H19N5/c1-4-20-6-5-12(10-20)8-16-13-7-14-11(2)18-19(3)15(14)17-9-13/h5-7,9-10,16H,4,8H2,1-3H3. The highest BCUT2D eigenvalue weighted by Gasteiger charge is 2.06. The van der Waals surface area contributed by atoms with E-state index < -0.39 is 0 Å². The molecule has 3 aromatic heterocycles. The van der Waals surface area contributed by atoms with Crippen LogP contribution in [-0.4, -0.2) is 19.3 Å². The number of nitrogens with one attached hydrogen (secondary N) is 1. The summed E-state index contributed by atoms with van der Waals surface area (Å²) in [6.07, 6.45) is 6.12. The van der Waals surface area contributed by atoms with Gasteiger partial charge in [-0.15, -0.1) is 0 Å². The summed E-state index contributed by atoms with van der Waals surface area (Å²) >= 11 is 0. The summed E-state index contributed by atoms with van der Waals surface area (Å²) in [6, 6.07) is 4.25. The van der Waals surface area contributed by atoms with Gasteiger partial charge in [-0.25, -0.2) is 4.98 Å².